The molecule has 0 aromatic heterocycles. The third-order valence-electron chi connectivity index (χ3n) is 3.88. The summed E-state index contributed by atoms with van der Waals surface area (Å²) in [6, 6.07) is 6.61. The molecule has 1 unspecified atom stereocenters. The van der Waals surface area contributed by atoms with Crippen LogP contribution in [-0.4, -0.2) is 18.5 Å². The molecule has 4 heteroatoms. The quantitative estimate of drug-likeness (QED) is 0.854. The van der Waals surface area contributed by atoms with Gasteiger partial charge in [-0.05, 0) is 38.3 Å². The molecule has 0 bridgehead atoms. The lowest BCUT2D eigenvalue weighted by molar-refractivity contribution is -0.123. The van der Waals surface area contributed by atoms with E-state index in [0.717, 1.165) is 32.2 Å². The van der Waals surface area contributed by atoms with Crippen molar-refractivity contribution in [3.63, 3.8) is 0 Å². The standard InChI is InChI=1S/C14H17FN2O/c15-11-5-2-1-4-10(11)14(7-8-14)17-13(18)12-6-3-9-16-12/h1-2,4-5,12,16H,3,6-9H2,(H,17,18). The van der Waals surface area contributed by atoms with Crippen molar-refractivity contribution in [2.24, 2.45) is 0 Å². The van der Waals surface area contributed by atoms with Crippen molar-refractivity contribution in [1.29, 1.82) is 0 Å². The van der Waals surface area contributed by atoms with Crippen LogP contribution in [0.2, 0.25) is 0 Å². The van der Waals surface area contributed by atoms with Crippen molar-refractivity contribution in [3.8, 4) is 0 Å². The lowest BCUT2D eigenvalue weighted by Gasteiger charge is -2.21. The molecule has 0 spiro atoms. The van der Waals surface area contributed by atoms with Crippen molar-refractivity contribution in [2.75, 3.05) is 6.54 Å². The summed E-state index contributed by atoms with van der Waals surface area (Å²) in [5.74, 6) is -0.220. The molecule has 1 heterocycles. The molecule has 0 radical (unpaired) electrons. The molecule has 96 valence electrons. The summed E-state index contributed by atoms with van der Waals surface area (Å²) in [6.45, 7) is 0.894. The summed E-state index contributed by atoms with van der Waals surface area (Å²) in [7, 11) is 0. The van der Waals surface area contributed by atoms with Gasteiger partial charge in [-0.25, -0.2) is 4.39 Å². The average Bonchev–Trinajstić information content (AvgIpc) is 2.94. The third kappa shape index (κ3) is 2.01. The van der Waals surface area contributed by atoms with E-state index >= 15 is 0 Å². The molecule has 1 aliphatic carbocycles. The molecule has 1 aliphatic heterocycles. The lowest BCUT2D eigenvalue weighted by atomic mass is 10.0. The number of carbonyl (C=O) groups excluding carboxylic acids is 1. The number of rotatable bonds is 3. The smallest absolute Gasteiger partial charge is 0.237 e. The number of halogens is 1. The van der Waals surface area contributed by atoms with Gasteiger partial charge in [0.25, 0.3) is 0 Å². The van der Waals surface area contributed by atoms with Crippen LogP contribution in [0.15, 0.2) is 24.3 Å². The van der Waals surface area contributed by atoms with Crippen LogP contribution in [0.25, 0.3) is 0 Å². The molecule has 1 atom stereocenters. The third-order valence-corrected chi connectivity index (χ3v) is 3.88. The molecule has 2 N–H and O–H groups in total. The van der Waals surface area contributed by atoms with Crippen LogP contribution >= 0.6 is 0 Å². The zero-order valence-corrected chi connectivity index (χ0v) is 10.2. The zero-order valence-electron chi connectivity index (χ0n) is 10.2. The van der Waals surface area contributed by atoms with Crippen LogP contribution in [0.4, 0.5) is 4.39 Å². The highest BCUT2D eigenvalue weighted by atomic mass is 19.1. The minimum Gasteiger partial charge on any atom is -0.345 e. The number of amides is 1. The Balaban J connectivity index is 1.75. The van der Waals surface area contributed by atoms with Gasteiger partial charge in [0.2, 0.25) is 5.91 Å². The average molecular weight is 248 g/mol. The van der Waals surface area contributed by atoms with Crippen molar-refractivity contribution in [2.45, 2.75) is 37.3 Å². The van der Waals surface area contributed by atoms with Crippen LogP contribution in [0.3, 0.4) is 0 Å². The number of hydrogen-bond acceptors (Lipinski definition) is 2. The van der Waals surface area contributed by atoms with Gasteiger partial charge in [-0.1, -0.05) is 18.2 Å². The molecular weight excluding hydrogens is 231 g/mol. The summed E-state index contributed by atoms with van der Waals surface area (Å²) in [5, 5.41) is 6.19. The SMILES string of the molecule is O=C(NC1(c2ccccc2F)CC1)C1CCCN1. The summed E-state index contributed by atoms with van der Waals surface area (Å²) in [5.41, 5.74) is 0.170. The van der Waals surface area contributed by atoms with E-state index in [2.05, 4.69) is 10.6 Å². The molecule has 2 aliphatic rings. The van der Waals surface area contributed by atoms with Crippen LogP contribution in [0.5, 0.6) is 0 Å². The maximum absolute atomic E-state index is 13.8. The Labute approximate surface area is 106 Å². The number of nitrogens with one attached hydrogen (secondary N) is 2. The Morgan fingerprint density at radius 3 is 2.78 bits per heavy atom. The van der Waals surface area contributed by atoms with Gasteiger partial charge in [0, 0.05) is 5.56 Å². The molecule has 1 amide bonds. The molecule has 1 aromatic carbocycles. The van der Waals surface area contributed by atoms with Crippen molar-refractivity contribution >= 4 is 5.91 Å². The fourth-order valence-electron chi connectivity index (χ4n) is 2.67. The Morgan fingerprint density at radius 2 is 2.17 bits per heavy atom. The second kappa shape index (κ2) is 4.35. The minimum absolute atomic E-state index is 0.00764. The highest BCUT2D eigenvalue weighted by molar-refractivity contribution is 5.83. The first kappa shape index (κ1) is 11.7. The van der Waals surface area contributed by atoms with E-state index in [1.54, 1.807) is 12.1 Å². The normalized spacial score (nSPS) is 24.8. The van der Waals surface area contributed by atoms with Gasteiger partial charge < -0.3 is 10.6 Å². The number of carbonyl (C=O) groups is 1. The predicted octanol–water partition coefficient (Wildman–Crippen LogP) is 1.68. The Bertz CT molecular complexity index is 465. The van der Waals surface area contributed by atoms with E-state index in [-0.39, 0.29) is 17.8 Å². The van der Waals surface area contributed by atoms with E-state index in [4.69, 9.17) is 0 Å². The van der Waals surface area contributed by atoms with E-state index in [9.17, 15) is 9.18 Å². The fraction of sp³-hybridized carbons (Fsp3) is 0.500. The summed E-state index contributed by atoms with van der Waals surface area (Å²) >= 11 is 0. The van der Waals surface area contributed by atoms with E-state index in [1.165, 1.54) is 6.07 Å². The van der Waals surface area contributed by atoms with Crippen molar-refractivity contribution in [1.82, 2.24) is 10.6 Å². The Morgan fingerprint density at radius 1 is 1.39 bits per heavy atom. The van der Waals surface area contributed by atoms with Crippen molar-refractivity contribution in [3.05, 3.63) is 35.6 Å². The minimum atomic E-state index is -0.452. The predicted molar refractivity (Wildman–Crippen MR) is 66.5 cm³/mol. The molecule has 2 fully saturated rings. The first-order chi connectivity index (χ1) is 8.71. The zero-order chi connectivity index (χ0) is 12.6. The summed E-state index contributed by atoms with van der Waals surface area (Å²) in [6.07, 6.45) is 3.56. The van der Waals surface area contributed by atoms with E-state index in [1.807, 2.05) is 6.07 Å². The van der Waals surface area contributed by atoms with Gasteiger partial charge in [0.05, 0.1) is 11.6 Å². The van der Waals surface area contributed by atoms with Gasteiger partial charge >= 0.3 is 0 Å². The number of hydrogen-bond donors (Lipinski definition) is 2. The van der Waals surface area contributed by atoms with Gasteiger partial charge in [0.1, 0.15) is 5.82 Å². The topological polar surface area (TPSA) is 41.1 Å². The first-order valence-corrected chi connectivity index (χ1v) is 6.52. The molecular formula is C14H17FN2O. The van der Waals surface area contributed by atoms with Crippen LogP contribution in [-0.2, 0) is 10.3 Å². The van der Waals surface area contributed by atoms with Gasteiger partial charge in [-0.15, -0.1) is 0 Å². The maximum atomic E-state index is 13.8. The van der Waals surface area contributed by atoms with Crippen LogP contribution in [0, 0.1) is 5.82 Å². The molecule has 3 nitrogen and oxygen atoms in total. The number of benzene rings is 1. The van der Waals surface area contributed by atoms with Gasteiger partial charge in [-0.3, -0.25) is 4.79 Å². The summed E-state index contributed by atoms with van der Waals surface area (Å²) in [4.78, 5) is 12.1. The fourth-order valence-corrected chi connectivity index (χ4v) is 2.67. The molecule has 1 saturated carbocycles. The highest BCUT2D eigenvalue weighted by Crippen LogP contribution is 2.46. The summed E-state index contributed by atoms with van der Waals surface area (Å²) < 4.78 is 13.8. The molecule has 1 aromatic rings. The van der Waals surface area contributed by atoms with Crippen LogP contribution in [0.1, 0.15) is 31.2 Å². The monoisotopic (exact) mass is 248 g/mol. The Hall–Kier alpha value is -1.42. The van der Waals surface area contributed by atoms with Gasteiger partial charge in [-0.2, -0.15) is 0 Å². The van der Waals surface area contributed by atoms with Crippen molar-refractivity contribution < 1.29 is 9.18 Å². The molecule has 18 heavy (non-hydrogen) atoms. The molecule has 3 rings (SSSR count). The highest BCUT2D eigenvalue weighted by Gasteiger charge is 2.48. The van der Waals surface area contributed by atoms with Crippen LogP contribution < -0.4 is 10.6 Å². The Kier molecular flexibility index (Phi) is 2.82. The maximum Gasteiger partial charge on any atom is 0.237 e. The molecule has 1 saturated heterocycles. The first-order valence-electron chi connectivity index (χ1n) is 6.52. The second-order valence-corrected chi connectivity index (χ2v) is 5.20. The van der Waals surface area contributed by atoms with E-state index < -0.39 is 5.54 Å². The lowest BCUT2D eigenvalue weighted by Crippen LogP contribution is -2.45. The van der Waals surface area contributed by atoms with E-state index in [0.29, 0.717) is 5.56 Å². The second-order valence-electron chi connectivity index (χ2n) is 5.20. The largest absolute Gasteiger partial charge is 0.345 e. The van der Waals surface area contributed by atoms with Gasteiger partial charge in [0.15, 0.2) is 0 Å².